The van der Waals surface area contributed by atoms with Crippen LogP contribution in [-0.4, -0.2) is 62.8 Å². The van der Waals surface area contributed by atoms with Crippen molar-refractivity contribution in [3.05, 3.63) is 239 Å². The molecule has 0 aromatic heterocycles. The molecule has 0 radical (unpaired) electrons. The number of hydrogen-bond donors (Lipinski definition) is 0. The third kappa shape index (κ3) is 13.5. The molecule has 7 heteroatoms. The van der Waals surface area contributed by atoms with Crippen molar-refractivity contribution in [3.63, 3.8) is 0 Å². The molecule has 1 unspecified atom stereocenters. The Morgan fingerprint density at radius 2 is 1.22 bits per heavy atom. The molecule has 0 bridgehead atoms. The molecule has 0 saturated carbocycles. The van der Waals surface area contributed by atoms with Gasteiger partial charge in [0, 0.05) is 29.9 Å². The highest BCUT2D eigenvalue weighted by atomic mass is 16.5. The summed E-state index contributed by atoms with van der Waals surface area (Å²) in [6.07, 6.45) is 32.9. The molecule has 8 rings (SSSR count). The summed E-state index contributed by atoms with van der Waals surface area (Å²) >= 11 is 0. The minimum Gasteiger partial charge on any atom is -0.426 e. The summed E-state index contributed by atoms with van der Waals surface area (Å²) in [4.78, 5) is 30.5. The molecule has 1 saturated heterocycles. The van der Waals surface area contributed by atoms with Gasteiger partial charge in [0.25, 0.3) is 0 Å². The summed E-state index contributed by atoms with van der Waals surface area (Å²) in [5, 5.41) is 0. The molecule has 72 heavy (non-hydrogen) atoms. The van der Waals surface area contributed by atoms with E-state index < -0.39 is 0 Å². The Balaban J connectivity index is 0.000000216. The number of carbonyl (C=O) groups excluding carboxylic acids is 2. The van der Waals surface area contributed by atoms with Gasteiger partial charge in [-0.3, -0.25) is 14.5 Å². The Bertz CT molecular complexity index is 2830. The van der Waals surface area contributed by atoms with Crippen molar-refractivity contribution in [2.45, 2.75) is 71.3 Å². The van der Waals surface area contributed by atoms with Crippen LogP contribution < -0.4 is 14.4 Å². The summed E-state index contributed by atoms with van der Waals surface area (Å²) in [5.41, 5.74) is 14.2. The van der Waals surface area contributed by atoms with Crippen LogP contribution in [0.5, 0.6) is 11.5 Å². The van der Waals surface area contributed by atoms with Gasteiger partial charge in [-0.1, -0.05) is 158 Å². The number of esters is 2. The van der Waals surface area contributed by atoms with Crippen LogP contribution in [0.2, 0.25) is 0 Å². The molecular formula is C65H70N2O5. The average Bonchev–Trinajstić information content (AvgIpc) is 4.24. The zero-order valence-electron chi connectivity index (χ0n) is 42.9. The van der Waals surface area contributed by atoms with Crippen LogP contribution >= 0.6 is 0 Å². The number of allylic oxidation sites excluding steroid dienone is 17. The van der Waals surface area contributed by atoms with Gasteiger partial charge in [-0.25, -0.2) is 0 Å². The Labute approximate surface area is 428 Å². The molecule has 4 aromatic rings. The lowest BCUT2D eigenvalue weighted by Crippen LogP contribution is -2.45. The molecule has 4 aliphatic rings. The molecule has 0 amide bonds. The van der Waals surface area contributed by atoms with Gasteiger partial charge in [-0.15, -0.1) is 13.2 Å². The first-order valence-corrected chi connectivity index (χ1v) is 25.2. The van der Waals surface area contributed by atoms with Crippen molar-refractivity contribution in [2.75, 3.05) is 45.3 Å². The second-order valence-corrected chi connectivity index (χ2v) is 18.8. The van der Waals surface area contributed by atoms with Crippen LogP contribution in [0.15, 0.2) is 217 Å². The van der Waals surface area contributed by atoms with E-state index in [2.05, 4.69) is 123 Å². The van der Waals surface area contributed by atoms with Crippen molar-refractivity contribution >= 4 is 23.2 Å². The molecule has 1 atom stereocenters. The fourth-order valence-corrected chi connectivity index (χ4v) is 9.76. The fourth-order valence-electron chi connectivity index (χ4n) is 9.76. The quantitative estimate of drug-likeness (QED) is 0.0527. The first kappa shape index (κ1) is 52.5. The van der Waals surface area contributed by atoms with Crippen molar-refractivity contribution in [1.29, 1.82) is 0 Å². The zero-order chi connectivity index (χ0) is 50.9. The lowest BCUT2D eigenvalue weighted by molar-refractivity contribution is -0.134. The van der Waals surface area contributed by atoms with E-state index in [9.17, 15) is 9.59 Å². The predicted molar refractivity (Wildman–Crippen MR) is 298 cm³/mol. The summed E-state index contributed by atoms with van der Waals surface area (Å²) in [7, 11) is 4.47. The van der Waals surface area contributed by atoms with Crippen LogP contribution in [0.4, 0.5) is 5.69 Å². The maximum Gasteiger partial charge on any atom is 0.315 e. The normalized spacial score (nSPS) is 15.1. The van der Waals surface area contributed by atoms with E-state index in [0.29, 0.717) is 24.3 Å². The van der Waals surface area contributed by atoms with Gasteiger partial charge in [0.1, 0.15) is 11.5 Å². The molecule has 1 aliphatic heterocycles. The van der Waals surface area contributed by atoms with Gasteiger partial charge < -0.3 is 19.1 Å². The SMILES string of the molecule is C=CCc1ccc(OC(=O)CC(C)=C2C=CC=C2)c(-c2ccc(OC(=O)CC(C)=C3C=CC=C3)c(CC=C)c2)c1.CCC(CCc1ccccc1)(C(=C1C=CC=C1)c1ccc(N2CCOCC2)cc1)N(C)C. The van der Waals surface area contributed by atoms with Crippen molar-refractivity contribution in [1.82, 2.24) is 4.90 Å². The molecule has 7 nitrogen and oxygen atoms in total. The number of carbonyl (C=O) groups is 2. The van der Waals surface area contributed by atoms with Crippen molar-refractivity contribution in [3.8, 4) is 22.6 Å². The summed E-state index contributed by atoms with van der Waals surface area (Å²) < 4.78 is 17.2. The minimum absolute atomic E-state index is 0.0509. The highest BCUT2D eigenvalue weighted by Gasteiger charge is 2.37. The predicted octanol–water partition coefficient (Wildman–Crippen LogP) is 14.0. The number of ether oxygens (including phenoxy) is 3. The number of aryl methyl sites for hydroxylation is 1. The van der Waals surface area contributed by atoms with Gasteiger partial charge in [-0.2, -0.15) is 0 Å². The Kier molecular flexibility index (Phi) is 18.7. The number of likely N-dealkylation sites (N-methyl/N-ethyl adjacent to an activating group) is 1. The first-order chi connectivity index (χ1) is 35.0. The van der Waals surface area contributed by atoms with Crippen LogP contribution in [0.1, 0.15) is 68.7 Å². The Hall–Kier alpha value is -7.32. The second kappa shape index (κ2) is 25.7. The molecule has 1 fully saturated rings. The highest BCUT2D eigenvalue weighted by Crippen LogP contribution is 2.42. The smallest absolute Gasteiger partial charge is 0.315 e. The lowest BCUT2D eigenvalue weighted by Gasteiger charge is -2.43. The van der Waals surface area contributed by atoms with E-state index in [1.807, 2.05) is 98.9 Å². The van der Waals surface area contributed by atoms with E-state index in [4.69, 9.17) is 14.2 Å². The molecule has 0 N–H and O–H groups in total. The van der Waals surface area contributed by atoms with Gasteiger partial charge in [0.15, 0.2) is 0 Å². The van der Waals surface area contributed by atoms with Crippen molar-refractivity contribution in [2.24, 2.45) is 0 Å². The van der Waals surface area contributed by atoms with E-state index >= 15 is 0 Å². The molecule has 3 aliphatic carbocycles. The number of hydrogen-bond acceptors (Lipinski definition) is 7. The summed E-state index contributed by atoms with van der Waals surface area (Å²) in [6.45, 7) is 17.5. The highest BCUT2D eigenvalue weighted by molar-refractivity contribution is 5.83. The maximum atomic E-state index is 12.9. The van der Waals surface area contributed by atoms with Crippen LogP contribution in [0.3, 0.4) is 0 Å². The van der Waals surface area contributed by atoms with E-state index in [1.54, 1.807) is 12.1 Å². The molecule has 370 valence electrons. The monoisotopic (exact) mass is 959 g/mol. The fraction of sp³-hybridized carbons (Fsp3) is 0.262. The van der Waals surface area contributed by atoms with Gasteiger partial charge in [-0.05, 0) is 147 Å². The molecule has 4 aromatic carbocycles. The second-order valence-electron chi connectivity index (χ2n) is 18.8. The van der Waals surface area contributed by atoms with Gasteiger partial charge in [0.2, 0.25) is 0 Å². The third-order valence-corrected chi connectivity index (χ3v) is 13.8. The standard InChI is InChI=1S/C36H34O4.C29H36N2O/c1-5-11-27-17-19-34(40-36(38)22-26(4)29-15-9-10-16-29)32(23-27)30-18-20-33(31(24-30)12-6-2)39-35(37)21-25(3)28-13-7-8-14-28;1-4-29(30(2)3,19-18-24-10-6-5-7-11-24)28(25-12-8-9-13-25)26-14-16-27(17-15-26)31-20-22-32-23-21-31/h5-10,13-20,23-24H,1-2,11-12,21-22H2,3-4H3;5-17H,4,18-23H2,1-3H3. The van der Waals surface area contributed by atoms with Crippen molar-refractivity contribution < 1.29 is 23.8 Å². The summed E-state index contributed by atoms with van der Waals surface area (Å²) in [6, 6.07) is 31.5. The lowest BCUT2D eigenvalue weighted by atomic mass is 9.75. The van der Waals surface area contributed by atoms with E-state index in [-0.39, 0.29) is 30.3 Å². The zero-order valence-corrected chi connectivity index (χ0v) is 42.9. The summed E-state index contributed by atoms with van der Waals surface area (Å²) in [5.74, 6) is 0.313. The minimum atomic E-state index is -0.329. The number of nitrogens with zero attached hydrogens (tertiary/aromatic N) is 2. The number of rotatable bonds is 19. The topological polar surface area (TPSA) is 68.3 Å². The Morgan fingerprint density at radius 1 is 0.667 bits per heavy atom. The number of morpholine rings is 1. The largest absolute Gasteiger partial charge is 0.426 e. The Morgan fingerprint density at radius 3 is 1.78 bits per heavy atom. The van der Waals surface area contributed by atoms with Crippen LogP contribution in [0, 0.1) is 0 Å². The number of anilines is 1. The molecular weight excluding hydrogens is 889 g/mol. The molecule has 0 spiro atoms. The van der Waals surface area contributed by atoms with Gasteiger partial charge in [0.05, 0.1) is 26.1 Å². The first-order valence-electron chi connectivity index (χ1n) is 25.2. The van der Waals surface area contributed by atoms with Gasteiger partial charge >= 0.3 is 11.9 Å². The average molecular weight is 959 g/mol. The van der Waals surface area contributed by atoms with E-state index in [1.165, 1.54) is 28.0 Å². The molecule has 1 heterocycles. The van der Waals surface area contributed by atoms with Crippen LogP contribution in [-0.2, 0) is 33.6 Å². The third-order valence-electron chi connectivity index (χ3n) is 13.8. The van der Waals surface area contributed by atoms with E-state index in [0.717, 1.165) is 90.1 Å². The van der Waals surface area contributed by atoms with Crippen LogP contribution in [0.25, 0.3) is 16.7 Å². The maximum absolute atomic E-state index is 12.9. The number of benzene rings is 4.